The van der Waals surface area contributed by atoms with Crippen molar-refractivity contribution in [2.75, 3.05) is 13.2 Å². The standard InChI is InChI=1S/C23H36O5/c1-4-10-23(26)28-22(21(25)17-24)13-7-5-6-11-18(2)15-19(3)16-20-12-8-9-14-27-20/h4-5,7-10,19-22,24-25H,2,6,11-17H2,1,3H3/b7-5+,10-4-/t19?,20?,21-,22-/m0/s1. The SMILES string of the molecule is C=C(CC/C=C/C[C@H](OC(=O)/C=C\C)[C@@H](O)CO)CC(C)CC1CC=CCO1. The third-order valence-corrected chi connectivity index (χ3v) is 4.68. The van der Waals surface area contributed by atoms with Crippen molar-refractivity contribution in [2.24, 2.45) is 5.92 Å². The number of hydrogen-bond acceptors (Lipinski definition) is 5. The van der Waals surface area contributed by atoms with Gasteiger partial charge in [0.2, 0.25) is 0 Å². The second-order valence-electron chi connectivity index (χ2n) is 7.43. The first-order valence-electron chi connectivity index (χ1n) is 10.2. The first-order valence-corrected chi connectivity index (χ1v) is 10.2. The number of aliphatic hydroxyl groups excluding tert-OH is 2. The molecule has 0 aliphatic carbocycles. The van der Waals surface area contributed by atoms with Crippen LogP contribution in [-0.4, -0.2) is 47.7 Å². The smallest absolute Gasteiger partial charge is 0.330 e. The molecule has 0 aromatic rings. The number of carbonyl (C=O) groups is 1. The summed E-state index contributed by atoms with van der Waals surface area (Å²) in [6.45, 7) is 8.41. The molecule has 158 valence electrons. The zero-order chi connectivity index (χ0) is 20.8. The van der Waals surface area contributed by atoms with E-state index in [-0.39, 0.29) is 0 Å². The first-order chi connectivity index (χ1) is 13.5. The molecule has 0 amide bonds. The van der Waals surface area contributed by atoms with E-state index in [2.05, 4.69) is 25.7 Å². The van der Waals surface area contributed by atoms with Crippen molar-refractivity contribution in [3.8, 4) is 0 Å². The molecular weight excluding hydrogens is 356 g/mol. The van der Waals surface area contributed by atoms with Gasteiger partial charge in [-0.2, -0.15) is 0 Å². The molecule has 2 unspecified atom stereocenters. The topological polar surface area (TPSA) is 76.0 Å². The van der Waals surface area contributed by atoms with Crippen molar-refractivity contribution in [1.82, 2.24) is 0 Å². The van der Waals surface area contributed by atoms with Crippen LogP contribution in [-0.2, 0) is 14.3 Å². The van der Waals surface area contributed by atoms with Gasteiger partial charge in [-0.05, 0) is 44.9 Å². The largest absolute Gasteiger partial charge is 0.456 e. The van der Waals surface area contributed by atoms with Gasteiger partial charge in [-0.25, -0.2) is 4.79 Å². The molecular formula is C23H36O5. The summed E-state index contributed by atoms with van der Waals surface area (Å²) in [7, 11) is 0. The van der Waals surface area contributed by atoms with E-state index in [0.717, 1.165) is 38.7 Å². The van der Waals surface area contributed by atoms with Crippen molar-refractivity contribution in [2.45, 2.75) is 70.7 Å². The highest BCUT2D eigenvalue weighted by atomic mass is 16.6. The minimum absolute atomic E-state index is 0.327. The minimum atomic E-state index is -1.09. The number of aliphatic hydroxyl groups is 2. The molecule has 0 radical (unpaired) electrons. The van der Waals surface area contributed by atoms with Crippen LogP contribution in [0.15, 0.2) is 48.6 Å². The first kappa shape index (κ1) is 24.3. The van der Waals surface area contributed by atoms with Gasteiger partial charge >= 0.3 is 5.97 Å². The van der Waals surface area contributed by atoms with Crippen LogP contribution in [0, 0.1) is 5.92 Å². The van der Waals surface area contributed by atoms with Crippen LogP contribution in [0.25, 0.3) is 0 Å². The molecule has 1 heterocycles. The Morgan fingerprint density at radius 3 is 2.82 bits per heavy atom. The van der Waals surface area contributed by atoms with Crippen molar-refractivity contribution in [3.05, 3.63) is 48.6 Å². The molecule has 0 spiro atoms. The summed E-state index contributed by atoms with van der Waals surface area (Å²) in [5.41, 5.74) is 1.22. The zero-order valence-electron chi connectivity index (χ0n) is 17.3. The van der Waals surface area contributed by atoms with E-state index in [1.165, 1.54) is 11.6 Å². The fourth-order valence-corrected chi connectivity index (χ4v) is 3.23. The predicted molar refractivity (Wildman–Crippen MR) is 112 cm³/mol. The molecule has 2 N–H and O–H groups in total. The van der Waals surface area contributed by atoms with Gasteiger partial charge in [0.05, 0.1) is 19.3 Å². The highest BCUT2D eigenvalue weighted by Crippen LogP contribution is 2.23. The molecule has 0 aromatic heterocycles. The number of esters is 1. The summed E-state index contributed by atoms with van der Waals surface area (Å²) in [6, 6.07) is 0. The van der Waals surface area contributed by atoms with E-state index in [4.69, 9.17) is 14.6 Å². The van der Waals surface area contributed by atoms with E-state index >= 15 is 0 Å². The summed E-state index contributed by atoms with van der Waals surface area (Å²) in [5, 5.41) is 18.9. The van der Waals surface area contributed by atoms with Crippen molar-refractivity contribution in [3.63, 3.8) is 0 Å². The lowest BCUT2D eigenvalue weighted by Gasteiger charge is -2.22. The number of allylic oxidation sites excluding steroid dienone is 3. The van der Waals surface area contributed by atoms with E-state index in [1.54, 1.807) is 13.0 Å². The van der Waals surface area contributed by atoms with Crippen LogP contribution in [0.1, 0.15) is 52.4 Å². The number of carbonyl (C=O) groups excluding carboxylic acids is 1. The average molecular weight is 393 g/mol. The summed E-state index contributed by atoms with van der Waals surface area (Å²) < 4.78 is 10.9. The van der Waals surface area contributed by atoms with Crippen molar-refractivity contribution < 1.29 is 24.5 Å². The maximum absolute atomic E-state index is 11.5. The van der Waals surface area contributed by atoms with Gasteiger partial charge in [0.15, 0.2) is 0 Å². The molecule has 1 aliphatic heterocycles. The summed E-state index contributed by atoms with van der Waals surface area (Å²) in [5.74, 6) is 0.0243. The molecule has 0 saturated carbocycles. The van der Waals surface area contributed by atoms with Gasteiger partial charge in [0.1, 0.15) is 12.2 Å². The number of rotatable bonds is 13. The fourth-order valence-electron chi connectivity index (χ4n) is 3.23. The van der Waals surface area contributed by atoms with Gasteiger partial charge in [0, 0.05) is 12.5 Å². The summed E-state index contributed by atoms with van der Waals surface area (Å²) in [6.07, 6.45) is 14.6. The van der Waals surface area contributed by atoms with Crippen LogP contribution in [0.5, 0.6) is 0 Å². The highest BCUT2D eigenvalue weighted by Gasteiger charge is 2.20. The third kappa shape index (κ3) is 10.6. The normalized spacial score (nSPS) is 20.4. The molecule has 1 rings (SSSR count). The molecule has 0 fully saturated rings. The van der Waals surface area contributed by atoms with Crippen LogP contribution in [0.3, 0.4) is 0 Å². The Morgan fingerprint density at radius 2 is 2.18 bits per heavy atom. The maximum atomic E-state index is 11.5. The van der Waals surface area contributed by atoms with Gasteiger partial charge in [-0.3, -0.25) is 0 Å². The lowest BCUT2D eigenvalue weighted by atomic mass is 9.92. The average Bonchev–Trinajstić information content (AvgIpc) is 2.67. The second kappa shape index (κ2) is 14.3. The van der Waals surface area contributed by atoms with Gasteiger partial charge in [-0.15, -0.1) is 0 Å². The van der Waals surface area contributed by atoms with Crippen LogP contribution in [0.4, 0.5) is 0 Å². The molecule has 0 bridgehead atoms. The summed E-state index contributed by atoms with van der Waals surface area (Å²) in [4.78, 5) is 11.5. The Labute approximate surface area is 169 Å². The Morgan fingerprint density at radius 1 is 1.39 bits per heavy atom. The lowest BCUT2D eigenvalue weighted by molar-refractivity contribution is -0.150. The van der Waals surface area contributed by atoms with Crippen molar-refractivity contribution in [1.29, 1.82) is 0 Å². The molecule has 4 atom stereocenters. The third-order valence-electron chi connectivity index (χ3n) is 4.68. The van der Waals surface area contributed by atoms with E-state index in [0.29, 0.717) is 18.4 Å². The van der Waals surface area contributed by atoms with Gasteiger partial charge in [-0.1, -0.05) is 49.5 Å². The van der Waals surface area contributed by atoms with Crippen molar-refractivity contribution >= 4 is 5.97 Å². The fraction of sp³-hybridized carbons (Fsp3) is 0.609. The highest BCUT2D eigenvalue weighted by molar-refractivity contribution is 5.81. The number of hydrogen-bond donors (Lipinski definition) is 2. The maximum Gasteiger partial charge on any atom is 0.330 e. The molecule has 28 heavy (non-hydrogen) atoms. The zero-order valence-corrected chi connectivity index (χ0v) is 17.3. The molecule has 1 aliphatic rings. The molecule has 5 nitrogen and oxygen atoms in total. The minimum Gasteiger partial charge on any atom is -0.456 e. The Balaban J connectivity index is 2.29. The van der Waals surface area contributed by atoms with Gasteiger partial charge in [0.25, 0.3) is 0 Å². The number of ether oxygens (including phenoxy) is 2. The van der Waals surface area contributed by atoms with Gasteiger partial charge < -0.3 is 19.7 Å². The lowest BCUT2D eigenvalue weighted by Crippen LogP contribution is -2.33. The van der Waals surface area contributed by atoms with Crippen LogP contribution < -0.4 is 0 Å². The quantitative estimate of drug-likeness (QED) is 0.283. The summed E-state index contributed by atoms with van der Waals surface area (Å²) >= 11 is 0. The van der Waals surface area contributed by atoms with E-state index < -0.39 is 24.8 Å². The second-order valence-corrected chi connectivity index (χ2v) is 7.43. The van der Waals surface area contributed by atoms with Crippen LogP contribution in [0.2, 0.25) is 0 Å². The molecule has 0 aromatic carbocycles. The van der Waals surface area contributed by atoms with E-state index in [9.17, 15) is 9.90 Å². The molecule has 5 heteroatoms. The Kier molecular flexibility index (Phi) is 12.5. The molecule has 0 saturated heterocycles. The Bertz CT molecular complexity index is 549. The van der Waals surface area contributed by atoms with Crippen LogP contribution >= 0.6 is 0 Å². The van der Waals surface area contributed by atoms with E-state index in [1.807, 2.05) is 12.2 Å². The predicted octanol–water partition coefficient (Wildman–Crippen LogP) is 3.87. The monoisotopic (exact) mass is 392 g/mol. The Hall–Kier alpha value is -1.69.